The van der Waals surface area contributed by atoms with E-state index in [1.165, 1.54) is 0 Å². The summed E-state index contributed by atoms with van der Waals surface area (Å²) in [6, 6.07) is 7.61. The van der Waals surface area contributed by atoms with Gasteiger partial charge in [-0.15, -0.1) is 5.11 Å². The van der Waals surface area contributed by atoms with E-state index in [0.29, 0.717) is 17.2 Å². The van der Waals surface area contributed by atoms with Crippen LogP contribution in [-0.4, -0.2) is 38.5 Å². The predicted octanol–water partition coefficient (Wildman–Crippen LogP) is 4.47. The zero-order valence-corrected chi connectivity index (χ0v) is 21.5. The van der Waals surface area contributed by atoms with E-state index in [0.717, 1.165) is 22.8 Å². The van der Waals surface area contributed by atoms with Crippen molar-refractivity contribution >= 4 is 23.1 Å². The Hall–Kier alpha value is -2.44. The monoisotopic (exact) mass is 492 g/mol. The van der Waals surface area contributed by atoms with Gasteiger partial charge in [-0.05, 0) is 32.9 Å². The van der Waals surface area contributed by atoms with Gasteiger partial charge in [-0.1, -0.05) is 38.5 Å². The molecule has 1 radical (unpaired) electrons. The predicted molar refractivity (Wildman–Crippen MR) is 116 cm³/mol. The number of rotatable bonds is 3. The van der Waals surface area contributed by atoms with E-state index >= 15 is 0 Å². The van der Waals surface area contributed by atoms with Crippen molar-refractivity contribution in [1.29, 1.82) is 0 Å². The molecule has 0 fully saturated rings. The first-order valence-electron chi connectivity index (χ1n) is 9.83. The summed E-state index contributed by atoms with van der Waals surface area (Å²) in [4.78, 5) is 3.66. The van der Waals surface area contributed by atoms with Crippen molar-refractivity contribution in [2.45, 2.75) is 53.8 Å². The molecule has 0 amide bonds. The van der Waals surface area contributed by atoms with E-state index in [1.807, 2.05) is 50.0 Å². The molecule has 3 heterocycles. The van der Waals surface area contributed by atoms with Gasteiger partial charge in [-0.3, -0.25) is 5.43 Å². The van der Waals surface area contributed by atoms with Crippen molar-refractivity contribution in [3.8, 4) is 5.69 Å². The summed E-state index contributed by atoms with van der Waals surface area (Å²) < 4.78 is 1.68. The van der Waals surface area contributed by atoms with Gasteiger partial charge in [-0.2, -0.15) is 20.4 Å². The third kappa shape index (κ3) is 4.19. The Morgan fingerprint density at radius 1 is 1.13 bits per heavy atom. The minimum absolute atomic E-state index is 0. The summed E-state index contributed by atoms with van der Waals surface area (Å²) in [6.45, 7) is 19.7. The molecular formula is C21H25N9Y. The first-order chi connectivity index (χ1) is 14.2. The van der Waals surface area contributed by atoms with E-state index in [9.17, 15) is 0 Å². The van der Waals surface area contributed by atoms with Gasteiger partial charge in [0.1, 0.15) is 5.84 Å². The van der Waals surface area contributed by atoms with Crippen LogP contribution in [-0.2, 0) is 32.7 Å². The van der Waals surface area contributed by atoms with Crippen LogP contribution in [0.15, 0.2) is 44.7 Å². The molecule has 0 saturated heterocycles. The van der Waals surface area contributed by atoms with Gasteiger partial charge >= 0.3 is 0 Å². The number of hydrogen-bond acceptors (Lipinski definition) is 7. The SMILES string of the molecule is [C-]#[N+]c1c(C)nn(-c2ccc(C)cc2)c1N=NC1C(C(C)(C)C)=NN2C(C)=NNC12.[Y]. The molecule has 1 N–H and O–H groups in total. The molecule has 1 aromatic heterocycles. The number of benzene rings is 1. The Balaban J connectivity index is 0.00000272. The number of amidine groups is 1. The van der Waals surface area contributed by atoms with Crippen molar-refractivity contribution in [3.05, 3.63) is 46.9 Å². The number of nitrogens with zero attached hydrogens (tertiary/aromatic N) is 8. The summed E-state index contributed by atoms with van der Waals surface area (Å²) in [6.07, 6.45) is -0.212. The summed E-state index contributed by atoms with van der Waals surface area (Å²) in [7, 11) is 0. The fourth-order valence-corrected chi connectivity index (χ4v) is 3.55. The number of azo groups is 1. The zero-order chi connectivity index (χ0) is 21.6. The normalized spacial score (nSPS) is 20.1. The maximum atomic E-state index is 7.61. The molecule has 2 unspecified atom stereocenters. The maximum absolute atomic E-state index is 7.61. The molecule has 31 heavy (non-hydrogen) atoms. The van der Waals surface area contributed by atoms with Gasteiger partial charge < -0.3 is 0 Å². The molecule has 157 valence electrons. The second-order valence-corrected chi connectivity index (χ2v) is 8.59. The Labute approximate surface area is 207 Å². The quantitative estimate of drug-likeness (QED) is 0.507. The Morgan fingerprint density at radius 2 is 1.81 bits per heavy atom. The Kier molecular flexibility index (Phi) is 6.44. The van der Waals surface area contributed by atoms with Crippen LogP contribution in [0.25, 0.3) is 10.5 Å². The van der Waals surface area contributed by atoms with Crippen LogP contribution in [0, 0.1) is 25.8 Å². The first-order valence-corrected chi connectivity index (χ1v) is 9.83. The van der Waals surface area contributed by atoms with E-state index in [1.54, 1.807) is 4.68 Å². The van der Waals surface area contributed by atoms with Crippen molar-refractivity contribution in [3.63, 3.8) is 0 Å². The molecular weight excluding hydrogens is 467 g/mol. The summed E-state index contributed by atoms with van der Waals surface area (Å²) in [5.41, 5.74) is 6.84. The molecule has 4 rings (SSSR count). The average Bonchev–Trinajstić information content (AvgIpc) is 3.33. The fourth-order valence-electron chi connectivity index (χ4n) is 3.55. The summed E-state index contributed by atoms with van der Waals surface area (Å²) >= 11 is 0. The molecule has 2 aromatic rings. The molecule has 9 nitrogen and oxygen atoms in total. The minimum atomic E-state index is -0.327. The topological polar surface area (TPSA) is 86.9 Å². The molecule has 0 spiro atoms. The molecule has 10 heteroatoms. The number of aryl methyl sites for hydroxylation is 2. The van der Waals surface area contributed by atoms with Gasteiger partial charge in [0.25, 0.3) is 5.69 Å². The van der Waals surface area contributed by atoms with Gasteiger partial charge in [0.15, 0.2) is 18.0 Å². The largest absolute Gasteiger partial charge is 0.281 e. The minimum Gasteiger partial charge on any atom is -0.281 e. The molecule has 2 aliphatic heterocycles. The van der Waals surface area contributed by atoms with Crippen LogP contribution in [0.2, 0.25) is 0 Å². The van der Waals surface area contributed by atoms with Crippen molar-refractivity contribution in [2.24, 2.45) is 25.8 Å². The number of hydrazone groups is 2. The third-order valence-corrected chi connectivity index (χ3v) is 5.19. The molecule has 2 atom stereocenters. The number of fused-ring (bicyclic) bond motifs is 1. The van der Waals surface area contributed by atoms with Crippen LogP contribution in [0.4, 0.5) is 11.5 Å². The summed E-state index contributed by atoms with van der Waals surface area (Å²) in [5.74, 6) is 1.22. The molecule has 2 aliphatic rings. The van der Waals surface area contributed by atoms with Crippen LogP contribution < -0.4 is 5.43 Å². The maximum Gasteiger partial charge on any atom is 0.255 e. The van der Waals surface area contributed by atoms with Crippen molar-refractivity contribution in [2.75, 3.05) is 0 Å². The fraction of sp³-hybridized carbons (Fsp3) is 0.429. The van der Waals surface area contributed by atoms with Crippen molar-refractivity contribution in [1.82, 2.24) is 20.2 Å². The van der Waals surface area contributed by atoms with E-state index in [4.69, 9.17) is 11.7 Å². The zero-order valence-electron chi connectivity index (χ0n) is 18.6. The summed E-state index contributed by atoms with van der Waals surface area (Å²) in [5, 5.41) is 24.6. The van der Waals surface area contributed by atoms with Gasteiger partial charge in [-0.25, -0.2) is 14.5 Å². The molecule has 0 bridgehead atoms. The first kappa shape index (κ1) is 23.2. The third-order valence-electron chi connectivity index (χ3n) is 5.19. The van der Waals surface area contributed by atoms with Crippen LogP contribution in [0.5, 0.6) is 0 Å². The standard InChI is InChI=1S/C21H25N9.Y/c1-12-8-10-15(11-9-12)30-19(16(22-7)13(2)27-30)26-24-17-18(21(4,5)6)28-29-14(3)23-25-20(17)29;/h8-11,17,20,25H,1-6H3;. The van der Waals surface area contributed by atoms with Crippen LogP contribution in [0.1, 0.15) is 39.0 Å². The van der Waals surface area contributed by atoms with Crippen LogP contribution >= 0.6 is 0 Å². The van der Waals surface area contributed by atoms with Crippen molar-refractivity contribution < 1.29 is 32.7 Å². The van der Waals surface area contributed by atoms with E-state index < -0.39 is 0 Å². The van der Waals surface area contributed by atoms with Gasteiger partial charge in [0.05, 0.1) is 23.7 Å². The van der Waals surface area contributed by atoms with Gasteiger partial charge in [0.2, 0.25) is 0 Å². The van der Waals surface area contributed by atoms with Gasteiger partial charge in [0, 0.05) is 38.1 Å². The average molecular weight is 492 g/mol. The smallest absolute Gasteiger partial charge is 0.255 e. The number of hydrogen-bond donors (Lipinski definition) is 1. The Bertz CT molecular complexity index is 1110. The number of nitrogens with one attached hydrogen (secondary N) is 1. The van der Waals surface area contributed by atoms with E-state index in [2.05, 4.69) is 51.5 Å². The van der Waals surface area contributed by atoms with E-state index in [-0.39, 0.29) is 50.3 Å². The Morgan fingerprint density at radius 3 is 2.42 bits per heavy atom. The molecule has 0 saturated carbocycles. The second-order valence-electron chi connectivity index (χ2n) is 8.59. The van der Waals surface area contributed by atoms with Crippen LogP contribution in [0.3, 0.4) is 0 Å². The second kappa shape index (κ2) is 8.60. The number of aromatic nitrogens is 2. The molecule has 1 aromatic carbocycles. The molecule has 0 aliphatic carbocycles.